The van der Waals surface area contributed by atoms with Crippen molar-refractivity contribution in [2.45, 2.75) is 6.92 Å². The van der Waals surface area contributed by atoms with E-state index in [0.29, 0.717) is 23.5 Å². The number of carbonyl (C=O) groups is 1. The van der Waals surface area contributed by atoms with E-state index < -0.39 is 0 Å². The lowest BCUT2D eigenvalue weighted by molar-refractivity contribution is -0.105. The zero-order valence-corrected chi connectivity index (χ0v) is 6.23. The third-order valence-electron chi connectivity index (χ3n) is 0.885. The number of ether oxygens (including phenoxy) is 1. The second kappa shape index (κ2) is 4.53. The van der Waals surface area contributed by atoms with Crippen molar-refractivity contribution in [1.82, 2.24) is 0 Å². The molecule has 0 rings (SSSR count). The van der Waals surface area contributed by atoms with Gasteiger partial charge in [-0.1, -0.05) is 11.6 Å². The predicted octanol–water partition coefficient (Wildman–Crippen LogP) is 1.34. The van der Waals surface area contributed by atoms with Crippen LogP contribution in [0.1, 0.15) is 6.92 Å². The summed E-state index contributed by atoms with van der Waals surface area (Å²) in [5, 5.41) is 0.492. The Morgan fingerprint density at radius 1 is 1.78 bits per heavy atom. The van der Waals surface area contributed by atoms with Gasteiger partial charge in [0, 0.05) is 17.7 Å². The summed E-state index contributed by atoms with van der Waals surface area (Å²) in [5.74, 6) is 0. The van der Waals surface area contributed by atoms with Crippen LogP contribution in [-0.2, 0) is 9.53 Å². The van der Waals surface area contributed by atoms with Crippen LogP contribution in [-0.4, -0.2) is 20.0 Å². The fourth-order valence-corrected chi connectivity index (χ4v) is 0.469. The van der Waals surface area contributed by atoms with E-state index in [4.69, 9.17) is 11.6 Å². The molecular formula is C6H9ClO2. The van der Waals surface area contributed by atoms with Crippen molar-refractivity contribution in [3.05, 3.63) is 10.6 Å². The molecule has 0 amide bonds. The molecule has 0 atom stereocenters. The number of allylic oxidation sites excluding steroid dienone is 1. The molecule has 0 aliphatic rings. The summed E-state index contributed by atoms with van der Waals surface area (Å²) >= 11 is 5.49. The van der Waals surface area contributed by atoms with Crippen LogP contribution in [0.25, 0.3) is 0 Å². The number of rotatable bonds is 3. The van der Waals surface area contributed by atoms with E-state index >= 15 is 0 Å². The molecule has 0 bridgehead atoms. The second-order valence-corrected chi connectivity index (χ2v) is 2.18. The van der Waals surface area contributed by atoms with Crippen molar-refractivity contribution in [2.24, 2.45) is 0 Å². The monoisotopic (exact) mass is 148 g/mol. The summed E-state index contributed by atoms with van der Waals surface area (Å²) < 4.78 is 4.68. The van der Waals surface area contributed by atoms with E-state index in [-0.39, 0.29) is 0 Å². The molecule has 9 heavy (non-hydrogen) atoms. The largest absolute Gasteiger partial charge is 0.380 e. The smallest absolute Gasteiger partial charge is 0.149 e. The summed E-state index contributed by atoms with van der Waals surface area (Å²) in [5.41, 5.74) is 0.499. The summed E-state index contributed by atoms with van der Waals surface area (Å²) in [6, 6.07) is 0. The molecular weight excluding hydrogens is 140 g/mol. The van der Waals surface area contributed by atoms with Crippen LogP contribution in [0.2, 0.25) is 0 Å². The molecule has 0 saturated carbocycles. The zero-order chi connectivity index (χ0) is 7.28. The van der Waals surface area contributed by atoms with Crippen LogP contribution in [0.4, 0.5) is 0 Å². The van der Waals surface area contributed by atoms with Crippen molar-refractivity contribution >= 4 is 17.9 Å². The average molecular weight is 149 g/mol. The standard InChI is InChI=1S/C6H9ClO2/c1-5(7)6(3-8)4-9-2/h3H,4H2,1-2H3. The number of hydrogen-bond acceptors (Lipinski definition) is 2. The molecule has 0 heterocycles. The molecule has 0 fully saturated rings. The first-order chi connectivity index (χ1) is 4.22. The van der Waals surface area contributed by atoms with E-state index in [9.17, 15) is 4.79 Å². The maximum absolute atomic E-state index is 10.1. The molecule has 3 heteroatoms. The van der Waals surface area contributed by atoms with Crippen molar-refractivity contribution in [3.8, 4) is 0 Å². The van der Waals surface area contributed by atoms with Gasteiger partial charge in [-0.3, -0.25) is 4.79 Å². The van der Waals surface area contributed by atoms with Gasteiger partial charge in [0.2, 0.25) is 0 Å². The highest BCUT2D eigenvalue weighted by atomic mass is 35.5. The molecule has 0 N–H and O–H groups in total. The quantitative estimate of drug-likeness (QED) is 0.446. The van der Waals surface area contributed by atoms with E-state index in [1.807, 2.05) is 0 Å². The van der Waals surface area contributed by atoms with E-state index in [1.54, 1.807) is 6.92 Å². The highest BCUT2D eigenvalue weighted by Crippen LogP contribution is 2.05. The molecule has 0 spiro atoms. The maximum Gasteiger partial charge on any atom is 0.149 e. The zero-order valence-electron chi connectivity index (χ0n) is 5.48. The highest BCUT2D eigenvalue weighted by molar-refractivity contribution is 6.30. The minimum atomic E-state index is 0.291. The molecule has 2 nitrogen and oxygen atoms in total. The Labute approximate surface area is 59.5 Å². The van der Waals surface area contributed by atoms with Gasteiger partial charge in [-0.15, -0.1) is 0 Å². The maximum atomic E-state index is 10.1. The highest BCUT2D eigenvalue weighted by Gasteiger charge is 1.96. The predicted molar refractivity (Wildman–Crippen MR) is 36.5 cm³/mol. The lowest BCUT2D eigenvalue weighted by atomic mass is 10.3. The van der Waals surface area contributed by atoms with Crippen LogP contribution in [0.15, 0.2) is 10.6 Å². The SMILES string of the molecule is COCC(C=O)=C(C)Cl. The Morgan fingerprint density at radius 3 is 2.44 bits per heavy atom. The molecule has 0 saturated heterocycles. The molecule has 0 unspecified atom stereocenters. The van der Waals surface area contributed by atoms with Crippen LogP contribution in [0.3, 0.4) is 0 Å². The Kier molecular flexibility index (Phi) is 4.36. The molecule has 0 aromatic carbocycles. The molecule has 0 radical (unpaired) electrons. The van der Waals surface area contributed by atoms with Crippen molar-refractivity contribution in [1.29, 1.82) is 0 Å². The number of hydrogen-bond donors (Lipinski definition) is 0. The van der Waals surface area contributed by atoms with Gasteiger partial charge in [0.15, 0.2) is 0 Å². The lowest BCUT2D eigenvalue weighted by Gasteiger charge is -1.96. The molecule has 0 aromatic heterocycles. The fraction of sp³-hybridized carbons (Fsp3) is 0.500. The number of carbonyl (C=O) groups excluding carboxylic acids is 1. The van der Waals surface area contributed by atoms with Crippen molar-refractivity contribution in [2.75, 3.05) is 13.7 Å². The topological polar surface area (TPSA) is 26.3 Å². The minimum absolute atomic E-state index is 0.291. The van der Waals surface area contributed by atoms with E-state index in [1.165, 1.54) is 7.11 Å². The third-order valence-corrected chi connectivity index (χ3v) is 1.13. The summed E-state index contributed by atoms with van der Waals surface area (Å²) in [6.07, 6.45) is 0.700. The van der Waals surface area contributed by atoms with Gasteiger partial charge in [0.1, 0.15) is 6.29 Å². The number of methoxy groups -OCH3 is 1. The van der Waals surface area contributed by atoms with Gasteiger partial charge in [0.05, 0.1) is 6.61 Å². The number of halogens is 1. The molecule has 0 aliphatic carbocycles. The first kappa shape index (κ1) is 8.66. The molecule has 0 aromatic rings. The van der Waals surface area contributed by atoms with Crippen molar-refractivity contribution in [3.63, 3.8) is 0 Å². The Hall–Kier alpha value is -0.340. The van der Waals surface area contributed by atoms with Gasteiger partial charge < -0.3 is 4.74 Å². The van der Waals surface area contributed by atoms with E-state index in [2.05, 4.69) is 4.74 Å². The van der Waals surface area contributed by atoms with Gasteiger partial charge in [-0.05, 0) is 6.92 Å². The second-order valence-electron chi connectivity index (χ2n) is 1.61. The normalized spacial score (nSPS) is 12.8. The third kappa shape index (κ3) is 3.27. The summed E-state index contributed by atoms with van der Waals surface area (Å²) in [7, 11) is 1.52. The summed E-state index contributed by atoms with van der Waals surface area (Å²) in [6.45, 7) is 1.95. The van der Waals surface area contributed by atoms with Crippen LogP contribution in [0.5, 0.6) is 0 Å². The van der Waals surface area contributed by atoms with E-state index in [0.717, 1.165) is 0 Å². The van der Waals surface area contributed by atoms with Gasteiger partial charge >= 0.3 is 0 Å². The lowest BCUT2D eigenvalue weighted by Crippen LogP contribution is -1.96. The van der Waals surface area contributed by atoms with Gasteiger partial charge in [-0.25, -0.2) is 0 Å². The average Bonchev–Trinajstić information content (AvgIpc) is 1.82. The fourth-order valence-electron chi connectivity index (χ4n) is 0.370. The van der Waals surface area contributed by atoms with Gasteiger partial charge in [0.25, 0.3) is 0 Å². The Bertz CT molecular complexity index is 125. The minimum Gasteiger partial charge on any atom is -0.380 e. The Balaban J connectivity index is 3.98. The first-order valence-corrected chi connectivity index (χ1v) is 2.89. The van der Waals surface area contributed by atoms with Crippen LogP contribution < -0.4 is 0 Å². The molecule has 52 valence electrons. The first-order valence-electron chi connectivity index (χ1n) is 2.51. The number of aldehydes is 1. The van der Waals surface area contributed by atoms with Gasteiger partial charge in [-0.2, -0.15) is 0 Å². The van der Waals surface area contributed by atoms with Crippen LogP contribution >= 0.6 is 11.6 Å². The molecule has 0 aliphatic heterocycles. The van der Waals surface area contributed by atoms with Crippen LogP contribution in [0, 0.1) is 0 Å². The summed E-state index contributed by atoms with van der Waals surface area (Å²) in [4.78, 5) is 10.1. The van der Waals surface area contributed by atoms with Crippen molar-refractivity contribution < 1.29 is 9.53 Å². The Morgan fingerprint density at radius 2 is 2.33 bits per heavy atom.